The van der Waals surface area contributed by atoms with Crippen molar-refractivity contribution in [2.75, 3.05) is 33.0 Å². The van der Waals surface area contributed by atoms with Gasteiger partial charge in [-0.1, -0.05) is 6.42 Å². The first-order valence-corrected chi connectivity index (χ1v) is 10.0. The monoisotopic (exact) mass is 336 g/mol. The maximum absolute atomic E-state index is 12.1. The minimum Gasteiger partial charge on any atom is -0.381 e. The van der Waals surface area contributed by atoms with E-state index >= 15 is 0 Å². The number of hydrogen-bond acceptors (Lipinski definition) is 3. The summed E-state index contributed by atoms with van der Waals surface area (Å²) < 4.78 is 11.0. The van der Waals surface area contributed by atoms with Gasteiger partial charge in [-0.2, -0.15) is 0 Å². The van der Waals surface area contributed by atoms with Crippen molar-refractivity contribution in [3.05, 3.63) is 0 Å². The zero-order valence-electron chi connectivity index (χ0n) is 14.7. The van der Waals surface area contributed by atoms with Gasteiger partial charge in [0.15, 0.2) is 0 Å². The predicted molar refractivity (Wildman–Crippen MR) is 91.7 cm³/mol. The molecule has 0 aromatic carbocycles. The van der Waals surface area contributed by atoms with Crippen LogP contribution in [0.2, 0.25) is 0 Å². The van der Waals surface area contributed by atoms with Gasteiger partial charge in [0.05, 0.1) is 13.2 Å². The molecular weight excluding hydrogens is 304 g/mol. The standard InChI is InChI=1S/C19H32N2O3/c22-19(20-6-2-7-23-11-13-5-8-24-12-13)21-18-10-14-9-17(18)16-4-1-3-15(14)16/h13-18H,1-12H2,(H2,20,21,22). The average molecular weight is 336 g/mol. The second-order valence-electron chi connectivity index (χ2n) is 8.32. The zero-order valence-corrected chi connectivity index (χ0v) is 14.7. The normalized spacial score (nSPS) is 40.0. The van der Waals surface area contributed by atoms with E-state index in [1.807, 2.05) is 0 Å². The summed E-state index contributed by atoms with van der Waals surface area (Å²) >= 11 is 0. The van der Waals surface area contributed by atoms with Crippen molar-refractivity contribution in [3.8, 4) is 0 Å². The summed E-state index contributed by atoms with van der Waals surface area (Å²) in [6.07, 6.45) is 8.82. The van der Waals surface area contributed by atoms with Crippen LogP contribution >= 0.6 is 0 Å². The topological polar surface area (TPSA) is 59.6 Å². The maximum atomic E-state index is 12.1. The van der Waals surface area contributed by atoms with Gasteiger partial charge < -0.3 is 20.1 Å². The third kappa shape index (κ3) is 3.57. The first-order chi connectivity index (χ1) is 11.8. The van der Waals surface area contributed by atoms with E-state index < -0.39 is 0 Å². The van der Waals surface area contributed by atoms with Gasteiger partial charge in [-0.25, -0.2) is 4.79 Å². The van der Waals surface area contributed by atoms with Crippen LogP contribution < -0.4 is 10.6 Å². The molecule has 0 radical (unpaired) electrons. The van der Waals surface area contributed by atoms with Gasteiger partial charge in [0.25, 0.3) is 0 Å². The Labute approximate surface area is 145 Å². The summed E-state index contributed by atoms with van der Waals surface area (Å²) in [5, 5.41) is 6.25. The van der Waals surface area contributed by atoms with Crippen LogP contribution in [-0.2, 0) is 9.47 Å². The number of carbonyl (C=O) groups is 1. The van der Waals surface area contributed by atoms with Crippen molar-refractivity contribution < 1.29 is 14.3 Å². The molecule has 2 amide bonds. The van der Waals surface area contributed by atoms with Crippen molar-refractivity contribution in [2.24, 2.45) is 29.6 Å². The number of hydrogen-bond donors (Lipinski definition) is 2. The third-order valence-electron chi connectivity index (χ3n) is 6.87. The van der Waals surface area contributed by atoms with Gasteiger partial charge in [0.2, 0.25) is 0 Å². The van der Waals surface area contributed by atoms with Crippen LogP contribution in [0, 0.1) is 29.6 Å². The molecule has 3 aliphatic carbocycles. The molecule has 5 nitrogen and oxygen atoms in total. The molecule has 6 atom stereocenters. The molecule has 3 saturated carbocycles. The lowest BCUT2D eigenvalue weighted by atomic mass is 9.79. The molecule has 0 aromatic rings. The van der Waals surface area contributed by atoms with Crippen LogP contribution in [0.15, 0.2) is 0 Å². The summed E-state index contributed by atoms with van der Waals surface area (Å²) in [7, 11) is 0. The average Bonchev–Trinajstić information content (AvgIpc) is 3.32. The fourth-order valence-electron chi connectivity index (χ4n) is 5.79. The number of urea groups is 1. The molecule has 0 spiro atoms. The Morgan fingerprint density at radius 3 is 2.92 bits per heavy atom. The largest absolute Gasteiger partial charge is 0.381 e. The van der Waals surface area contributed by atoms with E-state index in [0.29, 0.717) is 25.1 Å². The number of carbonyl (C=O) groups excluding carboxylic acids is 1. The highest BCUT2D eigenvalue weighted by Gasteiger charge is 2.53. The highest BCUT2D eigenvalue weighted by atomic mass is 16.5. The smallest absolute Gasteiger partial charge is 0.315 e. The molecule has 24 heavy (non-hydrogen) atoms. The van der Waals surface area contributed by atoms with Gasteiger partial charge in [-0.05, 0) is 62.2 Å². The van der Waals surface area contributed by atoms with E-state index in [2.05, 4.69) is 10.6 Å². The molecule has 1 heterocycles. The second kappa shape index (κ2) is 7.61. The minimum absolute atomic E-state index is 0.0197. The zero-order chi connectivity index (χ0) is 16.4. The summed E-state index contributed by atoms with van der Waals surface area (Å²) in [5.74, 6) is 4.10. The Hall–Kier alpha value is -0.810. The molecule has 5 heteroatoms. The van der Waals surface area contributed by atoms with Crippen molar-refractivity contribution in [1.82, 2.24) is 10.6 Å². The lowest BCUT2D eigenvalue weighted by Crippen LogP contribution is -2.47. The number of fused-ring (bicyclic) bond motifs is 5. The molecule has 2 N–H and O–H groups in total. The summed E-state index contributed by atoms with van der Waals surface area (Å²) in [5.41, 5.74) is 0. The van der Waals surface area contributed by atoms with Gasteiger partial charge in [-0.3, -0.25) is 0 Å². The number of rotatable bonds is 7. The molecule has 1 saturated heterocycles. The van der Waals surface area contributed by atoms with Crippen LogP contribution in [0.3, 0.4) is 0 Å². The van der Waals surface area contributed by atoms with Gasteiger partial charge in [0.1, 0.15) is 0 Å². The Morgan fingerprint density at radius 1 is 1.12 bits per heavy atom. The van der Waals surface area contributed by atoms with E-state index in [4.69, 9.17) is 9.47 Å². The molecular formula is C19H32N2O3. The van der Waals surface area contributed by atoms with Crippen molar-refractivity contribution in [1.29, 1.82) is 0 Å². The highest BCUT2D eigenvalue weighted by molar-refractivity contribution is 5.74. The number of amides is 2. The first-order valence-electron chi connectivity index (χ1n) is 10.0. The summed E-state index contributed by atoms with van der Waals surface area (Å²) in [4.78, 5) is 12.1. The molecule has 136 valence electrons. The van der Waals surface area contributed by atoms with E-state index in [1.54, 1.807) is 0 Å². The number of nitrogens with one attached hydrogen (secondary N) is 2. The van der Waals surface area contributed by atoms with Crippen molar-refractivity contribution in [3.63, 3.8) is 0 Å². The highest BCUT2D eigenvalue weighted by Crippen LogP contribution is 2.58. The van der Waals surface area contributed by atoms with Crippen LogP contribution in [0.25, 0.3) is 0 Å². The minimum atomic E-state index is 0.0197. The summed E-state index contributed by atoms with van der Waals surface area (Å²) in [6.45, 7) is 3.92. The fourth-order valence-corrected chi connectivity index (χ4v) is 5.79. The Balaban J connectivity index is 1.08. The first kappa shape index (κ1) is 16.6. The second-order valence-corrected chi connectivity index (χ2v) is 8.32. The van der Waals surface area contributed by atoms with E-state index in [1.165, 1.54) is 32.1 Å². The van der Waals surface area contributed by atoms with E-state index in [9.17, 15) is 4.79 Å². The molecule has 6 unspecified atom stereocenters. The Bertz CT molecular complexity index is 438. The van der Waals surface area contributed by atoms with Crippen molar-refractivity contribution in [2.45, 2.75) is 51.0 Å². The molecule has 4 fully saturated rings. The van der Waals surface area contributed by atoms with Crippen LogP contribution in [0.5, 0.6) is 0 Å². The SMILES string of the molecule is O=C(NCCCOCC1CCOC1)NC1CC2CC1C1CCCC21. The summed E-state index contributed by atoms with van der Waals surface area (Å²) in [6, 6.07) is 0.444. The lowest BCUT2D eigenvalue weighted by Gasteiger charge is -2.32. The lowest BCUT2D eigenvalue weighted by molar-refractivity contribution is 0.0885. The molecule has 2 bridgehead atoms. The Kier molecular flexibility index (Phi) is 5.28. The molecule has 1 aliphatic heterocycles. The van der Waals surface area contributed by atoms with Gasteiger partial charge >= 0.3 is 6.03 Å². The molecule has 0 aromatic heterocycles. The van der Waals surface area contributed by atoms with Crippen LogP contribution in [0.4, 0.5) is 4.79 Å². The number of ether oxygens (including phenoxy) is 2. The Morgan fingerprint density at radius 2 is 2.04 bits per heavy atom. The molecule has 4 rings (SSSR count). The van der Waals surface area contributed by atoms with Gasteiger partial charge in [0, 0.05) is 31.7 Å². The quantitative estimate of drug-likeness (QED) is 0.703. The molecule has 4 aliphatic rings. The van der Waals surface area contributed by atoms with E-state index in [-0.39, 0.29) is 6.03 Å². The third-order valence-corrected chi connectivity index (χ3v) is 6.87. The maximum Gasteiger partial charge on any atom is 0.315 e. The van der Waals surface area contributed by atoms with Gasteiger partial charge in [-0.15, -0.1) is 0 Å². The van der Waals surface area contributed by atoms with Crippen LogP contribution in [-0.4, -0.2) is 45.0 Å². The van der Waals surface area contributed by atoms with Crippen molar-refractivity contribution >= 4 is 6.03 Å². The van der Waals surface area contributed by atoms with E-state index in [0.717, 1.165) is 56.3 Å². The van der Waals surface area contributed by atoms with Crippen LogP contribution in [0.1, 0.15) is 44.9 Å². The predicted octanol–water partition coefficient (Wildman–Crippen LogP) is 2.55. The fraction of sp³-hybridized carbons (Fsp3) is 0.947.